The Morgan fingerprint density at radius 2 is 2.00 bits per heavy atom. The molecule has 0 fully saturated rings. The van der Waals surface area contributed by atoms with Gasteiger partial charge in [0, 0.05) is 12.1 Å². The predicted octanol–water partition coefficient (Wildman–Crippen LogP) is 4.77. The van der Waals surface area contributed by atoms with Crippen LogP contribution in [0.4, 0.5) is 5.69 Å². The summed E-state index contributed by atoms with van der Waals surface area (Å²) in [5.41, 5.74) is 1.03. The number of nitro benzene ring substituents is 1. The third-order valence-corrected chi connectivity index (χ3v) is 4.28. The summed E-state index contributed by atoms with van der Waals surface area (Å²) < 4.78 is 10.8. The number of carbonyl (C=O) groups excluding carboxylic acids is 1. The number of unbranched alkanes of at least 4 members (excludes halogenated alkanes) is 1. The van der Waals surface area contributed by atoms with Crippen LogP contribution in [0.15, 0.2) is 53.2 Å². The molecule has 0 radical (unpaired) electrons. The molecule has 0 saturated heterocycles. The molecule has 8 heteroatoms. The molecular formula is C20H17ClN2O5. The summed E-state index contributed by atoms with van der Waals surface area (Å²) in [5, 5.41) is 10.9. The normalized spacial score (nSPS) is 14.7. The van der Waals surface area contributed by atoms with E-state index in [1.807, 2.05) is 24.3 Å². The van der Waals surface area contributed by atoms with Crippen LogP contribution in [0.2, 0.25) is 5.02 Å². The molecule has 28 heavy (non-hydrogen) atoms. The fourth-order valence-corrected chi connectivity index (χ4v) is 2.72. The van der Waals surface area contributed by atoms with Gasteiger partial charge in [0.25, 0.3) is 5.69 Å². The molecule has 0 bridgehead atoms. The second kappa shape index (κ2) is 8.67. The first kappa shape index (κ1) is 19.6. The van der Waals surface area contributed by atoms with Crippen molar-refractivity contribution in [1.82, 2.24) is 0 Å². The minimum atomic E-state index is -0.618. The molecule has 0 spiro atoms. The van der Waals surface area contributed by atoms with Crippen molar-refractivity contribution in [3.05, 3.63) is 74.4 Å². The van der Waals surface area contributed by atoms with Gasteiger partial charge in [-0.05, 0) is 36.3 Å². The Kier molecular flexibility index (Phi) is 6.06. The van der Waals surface area contributed by atoms with E-state index >= 15 is 0 Å². The lowest BCUT2D eigenvalue weighted by atomic mass is 10.2. The number of nitrogens with zero attached hydrogens (tertiary/aromatic N) is 2. The van der Waals surface area contributed by atoms with Crippen LogP contribution < -0.4 is 4.74 Å². The summed E-state index contributed by atoms with van der Waals surface area (Å²) in [6, 6.07) is 11.1. The molecule has 1 heterocycles. The highest BCUT2D eigenvalue weighted by atomic mass is 35.5. The van der Waals surface area contributed by atoms with Crippen molar-refractivity contribution in [3.63, 3.8) is 0 Å². The Balaban J connectivity index is 1.79. The van der Waals surface area contributed by atoms with E-state index < -0.39 is 10.9 Å². The van der Waals surface area contributed by atoms with Crippen molar-refractivity contribution in [3.8, 4) is 5.75 Å². The lowest BCUT2D eigenvalue weighted by molar-refractivity contribution is -0.384. The van der Waals surface area contributed by atoms with Crippen LogP contribution in [0.25, 0.3) is 6.08 Å². The summed E-state index contributed by atoms with van der Waals surface area (Å²) in [6.07, 6.45) is 3.64. The minimum Gasteiger partial charge on any atom is -0.494 e. The molecule has 144 valence electrons. The van der Waals surface area contributed by atoms with Crippen molar-refractivity contribution >= 4 is 35.2 Å². The molecule has 0 aromatic heterocycles. The van der Waals surface area contributed by atoms with Crippen LogP contribution in [0.3, 0.4) is 0 Å². The molecule has 1 aliphatic rings. The molecule has 0 aliphatic carbocycles. The van der Waals surface area contributed by atoms with Crippen LogP contribution >= 0.6 is 11.6 Å². The van der Waals surface area contributed by atoms with E-state index in [9.17, 15) is 14.9 Å². The van der Waals surface area contributed by atoms with E-state index in [4.69, 9.17) is 21.1 Å². The van der Waals surface area contributed by atoms with E-state index in [1.54, 1.807) is 6.08 Å². The monoisotopic (exact) mass is 400 g/mol. The van der Waals surface area contributed by atoms with Gasteiger partial charge in [-0.3, -0.25) is 10.1 Å². The molecule has 0 N–H and O–H groups in total. The van der Waals surface area contributed by atoms with Crippen LogP contribution in [0.1, 0.15) is 30.9 Å². The summed E-state index contributed by atoms with van der Waals surface area (Å²) in [7, 11) is 0. The second-order valence-corrected chi connectivity index (χ2v) is 6.44. The van der Waals surface area contributed by atoms with Crippen LogP contribution in [0, 0.1) is 10.1 Å². The smallest absolute Gasteiger partial charge is 0.363 e. The van der Waals surface area contributed by atoms with E-state index in [2.05, 4.69) is 11.9 Å². The number of ether oxygens (including phenoxy) is 2. The number of cyclic esters (lactones) is 1. The first-order valence-corrected chi connectivity index (χ1v) is 9.05. The lowest BCUT2D eigenvalue weighted by Gasteiger charge is -2.05. The molecule has 2 aromatic carbocycles. The molecule has 0 atom stereocenters. The first-order chi connectivity index (χ1) is 13.5. The number of halogens is 1. The van der Waals surface area contributed by atoms with Gasteiger partial charge in [-0.1, -0.05) is 37.1 Å². The molecule has 0 unspecified atom stereocenters. The van der Waals surface area contributed by atoms with Crippen LogP contribution in [0.5, 0.6) is 5.75 Å². The molecule has 3 rings (SSSR count). The molecule has 0 amide bonds. The number of hydrogen-bond donors (Lipinski definition) is 0. The number of nitro groups is 1. The van der Waals surface area contributed by atoms with Gasteiger partial charge in [-0.2, -0.15) is 0 Å². The number of aliphatic imine (C=N–C) groups is 1. The number of esters is 1. The third kappa shape index (κ3) is 4.55. The Bertz CT molecular complexity index is 967. The average Bonchev–Trinajstić information content (AvgIpc) is 3.03. The summed E-state index contributed by atoms with van der Waals surface area (Å²) in [5.74, 6) is 0.148. The maximum Gasteiger partial charge on any atom is 0.363 e. The van der Waals surface area contributed by atoms with Gasteiger partial charge in [0.2, 0.25) is 5.90 Å². The Labute approximate surface area is 166 Å². The zero-order chi connectivity index (χ0) is 20.1. The van der Waals surface area contributed by atoms with Crippen LogP contribution in [-0.2, 0) is 9.53 Å². The summed E-state index contributed by atoms with van der Waals surface area (Å²) >= 11 is 6.07. The fraction of sp³-hybridized carbons (Fsp3) is 0.200. The number of rotatable bonds is 7. The van der Waals surface area contributed by atoms with Gasteiger partial charge >= 0.3 is 5.97 Å². The Hall–Kier alpha value is -3.19. The van der Waals surface area contributed by atoms with Crippen molar-refractivity contribution in [2.75, 3.05) is 6.61 Å². The number of hydrogen-bond acceptors (Lipinski definition) is 6. The van der Waals surface area contributed by atoms with E-state index in [1.165, 1.54) is 18.2 Å². The van der Waals surface area contributed by atoms with E-state index in [0.29, 0.717) is 12.2 Å². The first-order valence-electron chi connectivity index (χ1n) is 8.67. The Morgan fingerprint density at radius 3 is 2.64 bits per heavy atom. The second-order valence-electron chi connectivity index (χ2n) is 6.03. The largest absolute Gasteiger partial charge is 0.494 e. The van der Waals surface area contributed by atoms with Gasteiger partial charge in [0.1, 0.15) is 5.75 Å². The maximum atomic E-state index is 12.1. The van der Waals surface area contributed by atoms with Crippen molar-refractivity contribution < 1.29 is 19.2 Å². The average molecular weight is 401 g/mol. The highest BCUT2D eigenvalue weighted by molar-refractivity contribution is 6.34. The SMILES string of the molecule is CCCCOc1ccc(C=C2N=C(c3ccc([N+](=O)[O-])cc3Cl)OC2=O)cc1. The number of benzene rings is 2. The zero-order valence-corrected chi connectivity index (χ0v) is 15.8. The number of non-ortho nitro benzene ring substituents is 1. The minimum absolute atomic E-state index is 0.00988. The predicted molar refractivity (Wildman–Crippen MR) is 106 cm³/mol. The van der Waals surface area contributed by atoms with E-state index in [-0.39, 0.29) is 22.3 Å². The van der Waals surface area contributed by atoms with Gasteiger partial charge in [0.05, 0.1) is 22.1 Å². The molecule has 7 nitrogen and oxygen atoms in total. The topological polar surface area (TPSA) is 91.0 Å². The standard InChI is InChI=1S/C20H17ClN2O5/c1-2-3-10-27-15-7-4-13(5-8-15)11-18-20(24)28-19(22-18)16-9-6-14(23(25)26)12-17(16)21/h4-9,11-12H,2-3,10H2,1H3. The van der Waals surface area contributed by atoms with Crippen molar-refractivity contribution in [2.24, 2.45) is 4.99 Å². The van der Waals surface area contributed by atoms with Crippen molar-refractivity contribution in [2.45, 2.75) is 19.8 Å². The molecular weight excluding hydrogens is 384 g/mol. The fourth-order valence-electron chi connectivity index (χ4n) is 2.47. The number of carbonyl (C=O) groups is 1. The van der Waals surface area contributed by atoms with E-state index in [0.717, 1.165) is 24.2 Å². The highest BCUT2D eigenvalue weighted by Gasteiger charge is 2.26. The summed E-state index contributed by atoms with van der Waals surface area (Å²) in [6.45, 7) is 2.75. The quantitative estimate of drug-likeness (QED) is 0.219. The van der Waals surface area contributed by atoms with Gasteiger partial charge in [0.15, 0.2) is 5.70 Å². The van der Waals surface area contributed by atoms with Gasteiger partial charge in [-0.15, -0.1) is 0 Å². The third-order valence-electron chi connectivity index (χ3n) is 3.96. The van der Waals surface area contributed by atoms with Gasteiger partial charge < -0.3 is 9.47 Å². The molecule has 0 saturated carbocycles. The maximum absolute atomic E-state index is 12.1. The highest BCUT2D eigenvalue weighted by Crippen LogP contribution is 2.27. The zero-order valence-electron chi connectivity index (χ0n) is 15.1. The Morgan fingerprint density at radius 1 is 1.25 bits per heavy atom. The molecule has 1 aliphatic heterocycles. The summed E-state index contributed by atoms with van der Waals surface area (Å²) in [4.78, 5) is 26.5. The van der Waals surface area contributed by atoms with Crippen LogP contribution in [-0.4, -0.2) is 23.4 Å². The van der Waals surface area contributed by atoms with Gasteiger partial charge in [-0.25, -0.2) is 9.79 Å². The molecule has 2 aromatic rings. The van der Waals surface area contributed by atoms with Crippen molar-refractivity contribution in [1.29, 1.82) is 0 Å². The lowest BCUT2D eigenvalue weighted by Crippen LogP contribution is -2.06.